The average molecular weight is 361 g/mol. The molecule has 3 rings (SSSR count). The molecule has 1 aromatic carbocycles. The van der Waals surface area contributed by atoms with E-state index in [0.29, 0.717) is 33.2 Å². The maximum absolute atomic E-state index is 6.04. The summed E-state index contributed by atoms with van der Waals surface area (Å²) in [4.78, 5) is 13.0. The molecule has 0 aliphatic rings. The molecule has 0 fully saturated rings. The summed E-state index contributed by atoms with van der Waals surface area (Å²) in [6.07, 6.45) is 1.48. The number of nitrogens with two attached hydrogens (primary N) is 1. The Kier molecular flexibility index (Phi) is 3.81. The summed E-state index contributed by atoms with van der Waals surface area (Å²) in [6.45, 7) is 0. The lowest BCUT2D eigenvalue weighted by Gasteiger charge is -2.11. The number of halogens is 1. The maximum atomic E-state index is 6.04. The van der Waals surface area contributed by atoms with Crippen LogP contribution in [-0.2, 0) is 0 Å². The van der Waals surface area contributed by atoms with Crippen LogP contribution in [0.1, 0.15) is 0 Å². The molecule has 2 N–H and O–H groups in total. The number of nitrogen functional groups attached to an aromatic ring is 1. The first-order chi connectivity index (χ1) is 10.6. The molecule has 112 valence electrons. The maximum Gasteiger partial charge on any atom is 0.162 e. The Morgan fingerprint density at radius 1 is 1.00 bits per heavy atom. The Balaban J connectivity index is 2.32. The van der Waals surface area contributed by atoms with Gasteiger partial charge in [0.1, 0.15) is 22.3 Å². The van der Waals surface area contributed by atoms with Gasteiger partial charge in [-0.2, -0.15) is 0 Å². The summed E-state index contributed by atoms with van der Waals surface area (Å²) >= 11 is 3.35. The van der Waals surface area contributed by atoms with E-state index in [2.05, 4.69) is 30.9 Å². The van der Waals surface area contributed by atoms with Crippen molar-refractivity contribution in [2.45, 2.75) is 0 Å². The van der Waals surface area contributed by atoms with Gasteiger partial charge < -0.3 is 15.2 Å². The van der Waals surface area contributed by atoms with Gasteiger partial charge in [0.05, 0.1) is 25.4 Å². The van der Waals surface area contributed by atoms with Crippen molar-refractivity contribution >= 4 is 32.5 Å². The largest absolute Gasteiger partial charge is 0.493 e. The van der Waals surface area contributed by atoms with E-state index in [1.54, 1.807) is 32.4 Å². The molecule has 2 heterocycles. The molecule has 0 radical (unpaired) electrons. The van der Waals surface area contributed by atoms with Gasteiger partial charge >= 0.3 is 0 Å². The highest BCUT2D eigenvalue weighted by Gasteiger charge is 2.15. The molecule has 22 heavy (non-hydrogen) atoms. The first-order valence-electron chi connectivity index (χ1n) is 6.43. The van der Waals surface area contributed by atoms with Crippen molar-refractivity contribution in [1.29, 1.82) is 0 Å². The zero-order chi connectivity index (χ0) is 15.7. The van der Waals surface area contributed by atoms with Crippen molar-refractivity contribution in [2.24, 2.45) is 0 Å². The quantitative estimate of drug-likeness (QED) is 0.722. The van der Waals surface area contributed by atoms with Gasteiger partial charge in [-0.15, -0.1) is 0 Å². The number of rotatable bonds is 3. The van der Waals surface area contributed by atoms with Crippen LogP contribution in [0.15, 0.2) is 35.2 Å². The van der Waals surface area contributed by atoms with E-state index >= 15 is 0 Å². The van der Waals surface area contributed by atoms with Crippen LogP contribution in [0.3, 0.4) is 0 Å². The Hall–Kier alpha value is -2.41. The topological polar surface area (TPSA) is 83.2 Å². The number of pyridine rings is 1. The van der Waals surface area contributed by atoms with Crippen molar-refractivity contribution in [3.8, 4) is 22.9 Å². The smallest absolute Gasteiger partial charge is 0.162 e. The molecule has 0 spiro atoms. The minimum absolute atomic E-state index is 0.540. The summed E-state index contributed by atoms with van der Waals surface area (Å²) in [6, 6.07) is 7.19. The predicted octanol–water partition coefficient (Wildman–Crippen LogP) is 3.05. The molecule has 0 bridgehead atoms. The van der Waals surface area contributed by atoms with Gasteiger partial charge in [0.2, 0.25) is 0 Å². The second-order valence-electron chi connectivity index (χ2n) is 4.52. The zero-order valence-electron chi connectivity index (χ0n) is 12.0. The highest BCUT2D eigenvalue weighted by molar-refractivity contribution is 9.10. The summed E-state index contributed by atoms with van der Waals surface area (Å²) in [5.74, 6) is 1.20. The molecule has 0 saturated heterocycles. The molecule has 0 unspecified atom stereocenters. The molecule has 0 atom stereocenters. The van der Waals surface area contributed by atoms with Gasteiger partial charge in [0.25, 0.3) is 0 Å². The molecule has 0 amide bonds. The normalized spacial score (nSPS) is 10.7. The number of methoxy groups -OCH3 is 2. The van der Waals surface area contributed by atoms with E-state index in [9.17, 15) is 0 Å². The highest BCUT2D eigenvalue weighted by atomic mass is 79.9. The number of anilines is 1. The first-order valence-corrected chi connectivity index (χ1v) is 7.22. The molecule has 3 aromatic rings. The second kappa shape index (κ2) is 5.76. The van der Waals surface area contributed by atoms with Crippen molar-refractivity contribution in [3.05, 3.63) is 35.2 Å². The number of fused-ring (bicyclic) bond motifs is 1. The van der Waals surface area contributed by atoms with Crippen molar-refractivity contribution in [3.63, 3.8) is 0 Å². The standard InChI is InChI=1S/C15H13BrN4O2/c1-21-11-5-8-10(6-12(11)22-2)18-7-19-14(8)15-9(17)3-4-13(16)20-15/h3-7H,17H2,1-2H3. The third-order valence-electron chi connectivity index (χ3n) is 3.26. The van der Waals surface area contributed by atoms with Gasteiger partial charge in [-0.25, -0.2) is 15.0 Å². The van der Waals surface area contributed by atoms with Crippen LogP contribution in [0, 0.1) is 0 Å². The van der Waals surface area contributed by atoms with Gasteiger partial charge in [0, 0.05) is 11.5 Å². The lowest BCUT2D eigenvalue weighted by atomic mass is 10.1. The third-order valence-corrected chi connectivity index (χ3v) is 3.70. The SMILES string of the molecule is COc1cc2ncnc(-c3nc(Br)ccc3N)c2cc1OC. The summed E-state index contributed by atoms with van der Waals surface area (Å²) in [5, 5.41) is 0.789. The van der Waals surface area contributed by atoms with E-state index in [-0.39, 0.29) is 0 Å². The van der Waals surface area contributed by atoms with E-state index < -0.39 is 0 Å². The van der Waals surface area contributed by atoms with E-state index in [4.69, 9.17) is 15.2 Å². The fraction of sp³-hybridized carbons (Fsp3) is 0.133. The molecule has 0 aliphatic carbocycles. The Morgan fingerprint density at radius 3 is 2.45 bits per heavy atom. The second-order valence-corrected chi connectivity index (χ2v) is 5.33. The van der Waals surface area contributed by atoms with Crippen molar-refractivity contribution in [2.75, 3.05) is 20.0 Å². The summed E-state index contributed by atoms with van der Waals surface area (Å²) in [5.41, 5.74) is 8.54. The lowest BCUT2D eigenvalue weighted by Crippen LogP contribution is -1.98. The number of ether oxygens (including phenoxy) is 2. The van der Waals surface area contributed by atoms with E-state index in [0.717, 1.165) is 10.9 Å². The predicted molar refractivity (Wildman–Crippen MR) is 88.0 cm³/mol. The first kappa shape index (κ1) is 14.5. The van der Waals surface area contributed by atoms with Gasteiger partial charge in [-0.1, -0.05) is 0 Å². The van der Waals surface area contributed by atoms with Gasteiger partial charge in [0.15, 0.2) is 11.5 Å². The minimum atomic E-state index is 0.540. The van der Waals surface area contributed by atoms with Crippen LogP contribution in [0.25, 0.3) is 22.3 Å². The fourth-order valence-corrected chi connectivity index (χ4v) is 2.52. The van der Waals surface area contributed by atoms with Crippen molar-refractivity contribution in [1.82, 2.24) is 15.0 Å². The Bertz CT molecular complexity index is 854. The van der Waals surface area contributed by atoms with Gasteiger partial charge in [-0.3, -0.25) is 0 Å². The van der Waals surface area contributed by atoms with Crippen LogP contribution >= 0.6 is 15.9 Å². The van der Waals surface area contributed by atoms with E-state index in [1.165, 1.54) is 6.33 Å². The fourth-order valence-electron chi connectivity index (χ4n) is 2.21. The van der Waals surface area contributed by atoms with Crippen LogP contribution < -0.4 is 15.2 Å². The van der Waals surface area contributed by atoms with Crippen LogP contribution in [0.4, 0.5) is 5.69 Å². The number of hydrogen-bond donors (Lipinski definition) is 1. The minimum Gasteiger partial charge on any atom is -0.493 e. The van der Waals surface area contributed by atoms with E-state index in [1.807, 2.05) is 6.07 Å². The monoisotopic (exact) mass is 360 g/mol. The zero-order valence-corrected chi connectivity index (χ0v) is 13.6. The summed E-state index contributed by atoms with van der Waals surface area (Å²) < 4.78 is 11.3. The molecule has 2 aromatic heterocycles. The Labute approximate surface area is 135 Å². The van der Waals surface area contributed by atoms with Gasteiger partial charge in [-0.05, 0) is 34.1 Å². The number of aromatic nitrogens is 3. The van der Waals surface area contributed by atoms with Crippen LogP contribution in [0.2, 0.25) is 0 Å². The van der Waals surface area contributed by atoms with Crippen LogP contribution in [-0.4, -0.2) is 29.2 Å². The molecule has 7 heteroatoms. The molecule has 0 saturated carbocycles. The average Bonchev–Trinajstić information content (AvgIpc) is 2.55. The molecular weight excluding hydrogens is 348 g/mol. The van der Waals surface area contributed by atoms with Crippen LogP contribution in [0.5, 0.6) is 11.5 Å². The number of benzene rings is 1. The third kappa shape index (κ3) is 2.43. The molecule has 0 aliphatic heterocycles. The lowest BCUT2D eigenvalue weighted by molar-refractivity contribution is 0.356. The summed E-state index contributed by atoms with van der Waals surface area (Å²) in [7, 11) is 3.17. The molecular formula is C15H13BrN4O2. The highest BCUT2D eigenvalue weighted by Crippen LogP contribution is 2.36. The van der Waals surface area contributed by atoms with Crippen molar-refractivity contribution < 1.29 is 9.47 Å². The number of hydrogen-bond acceptors (Lipinski definition) is 6. The number of nitrogens with zero attached hydrogens (tertiary/aromatic N) is 3. The Morgan fingerprint density at radius 2 is 1.73 bits per heavy atom. The molecule has 6 nitrogen and oxygen atoms in total.